The molecule has 5 nitrogen and oxygen atoms in total. The smallest absolute Gasteiger partial charge is 0.330 e. The largest absolute Gasteiger partial charge is 0.334 e. The predicted molar refractivity (Wildman–Crippen MR) is 89.6 cm³/mol. The van der Waals surface area contributed by atoms with Crippen LogP contribution in [-0.2, 0) is 20.8 Å². The lowest BCUT2D eigenvalue weighted by Crippen LogP contribution is -2.30. The molecule has 0 bridgehead atoms. The second-order valence-corrected chi connectivity index (χ2v) is 5.84. The lowest BCUT2D eigenvalue weighted by molar-refractivity contribution is -0.147. The van der Waals surface area contributed by atoms with E-state index < -0.39 is 5.97 Å². The van der Waals surface area contributed by atoms with E-state index in [1.54, 1.807) is 13.0 Å². The second kappa shape index (κ2) is 5.92. The molecule has 0 radical (unpaired) electrons. The fourth-order valence-electron chi connectivity index (χ4n) is 2.97. The molecule has 0 spiro atoms. The van der Waals surface area contributed by atoms with Gasteiger partial charge in [0, 0.05) is 19.4 Å². The van der Waals surface area contributed by atoms with E-state index in [1.165, 1.54) is 13.8 Å². The molecule has 2 aromatic carbocycles. The Labute approximate surface area is 139 Å². The maximum Gasteiger partial charge on any atom is 0.330 e. The molecule has 5 heteroatoms. The molecule has 0 fully saturated rings. The van der Waals surface area contributed by atoms with Crippen molar-refractivity contribution in [1.29, 1.82) is 0 Å². The maximum absolute atomic E-state index is 11.7. The first-order valence-electron chi connectivity index (χ1n) is 7.63. The third-order valence-electron chi connectivity index (χ3n) is 4.01. The molecule has 1 aliphatic carbocycles. The van der Waals surface area contributed by atoms with Crippen LogP contribution in [0, 0.1) is 0 Å². The lowest BCUT2D eigenvalue weighted by Gasteiger charge is -2.19. The van der Waals surface area contributed by atoms with E-state index in [0.717, 1.165) is 27.3 Å². The minimum Gasteiger partial charge on any atom is -0.334 e. The van der Waals surface area contributed by atoms with Crippen LogP contribution in [0.4, 0.5) is 5.69 Å². The van der Waals surface area contributed by atoms with Crippen LogP contribution in [0.15, 0.2) is 36.4 Å². The number of carbonyl (C=O) groups excluding carboxylic acids is 3. The molecule has 0 aliphatic heterocycles. The SMILES string of the molecule is CC(=O)ON(C(C)=O)c1ccc2c(c1)Cc1cc(C(C)=O)ccc1-2. The molecule has 0 heterocycles. The fraction of sp³-hybridized carbons (Fsp3) is 0.211. The number of Topliss-reactive ketones (excluding diaryl/α,β-unsaturated/α-hetero) is 1. The minimum atomic E-state index is -0.555. The van der Waals surface area contributed by atoms with E-state index in [0.29, 0.717) is 17.7 Å². The summed E-state index contributed by atoms with van der Waals surface area (Å²) in [6, 6.07) is 11.2. The van der Waals surface area contributed by atoms with E-state index in [-0.39, 0.29) is 11.7 Å². The zero-order chi connectivity index (χ0) is 17.4. The Morgan fingerprint density at radius 1 is 0.917 bits per heavy atom. The average Bonchev–Trinajstić information content (AvgIpc) is 2.88. The maximum atomic E-state index is 11.7. The molecule has 0 aromatic heterocycles. The van der Waals surface area contributed by atoms with Gasteiger partial charge in [-0.15, -0.1) is 5.06 Å². The van der Waals surface area contributed by atoms with E-state index in [9.17, 15) is 14.4 Å². The first-order valence-corrected chi connectivity index (χ1v) is 7.63. The average molecular weight is 323 g/mol. The van der Waals surface area contributed by atoms with Crippen molar-refractivity contribution in [3.05, 3.63) is 53.1 Å². The molecular weight excluding hydrogens is 306 g/mol. The van der Waals surface area contributed by atoms with E-state index in [2.05, 4.69) is 0 Å². The number of hydrogen-bond donors (Lipinski definition) is 0. The standard InChI is InChI=1S/C19H17NO4/c1-11(21)14-4-6-18-15(8-14)9-16-10-17(5-7-19(16)18)20(12(2)22)24-13(3)23/h4-8,10H,9H2,1-3H3. The molecule has 24 heavy (non-hydrogen) atoms. The van der Waals surface area contributed by atoms with Crippen molar-refractivity contribution >= 4 is 23.3 Å². The zero-order valence-electron chi connectivity index (χ0n) is 13.8. The Kier molecular flexibility index (Phi) is 3.93. The van der Waals surface area contributed by atoms with Gasteiger partial charge in [-0.2, -0.15) is 0 Å². The van der Waals surface area contributed by atoms with Crippen molar-refractivity contribution in [3.8, 4) is 11.1 Å². The van der Waals surface area contributed by atoms with Crippen molar-refractivity contribution in [1.82, 2.24) is 0 Å². The number of ketones is 1. The van der Waals surface area contributed by atoms with E-state index in [1.807, 2.05) is 30.3 Å². The summed E-state index contributed by atoms with van der Waals surface area (Å²) in [6.45, 7) is 4.14. The Morgan fingerprint density at radius 3 is 2.12 bits per heavy atom. The van der Waals surface area contributed by atoms with E-state index >= 15 is 0 Å². The van der Waals surface area contributed by atoms with Crippen molar-refractivity contribution in [2.45, 2.75) is 27.2 Å². The minimum absolute atomic E-state index is 0.0343. The quantitative estimate of drug-likeness (QED) is 0.536. The van der Waals surface area contributed by atoms with Gasteiger partial charge in [0.05, 0.1) is 5.69 Å². The summed E-state index contributed by atoms with van der Waals surface area (Å²) >= 11 is 0. The molecule has 1 amide bonds. The Morgan fingerprint density at radius 2 is 1.54 bits per heavy atom. The third-order valence-corrected chi connectivity index (χ3v) is 4.01. The zero-order valence-corrected chi connectivity index (χ0v) is 13.8. The Balaban J connectivity index is 1.98. The van der Waals surface area contributed by atoms with Gasteiger partial charge < -0.3 is 4.84 Å². The van der Waals surface area contributed by atoms with Gasteiger partial charge in [0.2, 0.25) is 0 Å². The van der Waals surface area contributed by atoms with Gasteiger partial charge >= 0.3 is 5.97 Å². The summed E-state index contributed by atoms with van der Waals surface area (Å²) in [7, 11) is 0. The lowest BCUT2D eigenvalue weighted by atomic mass is 10.0. The van der Waals surface area contributed by atoms with Crippen molar-refractivity contribution in [3.63, 3.8) is 0 Å². The number of anilines is 1. The van der Waals surface area contributed by atoms with Crippen LogP contribution in [0.25, 0.3) is 11.1 Å². The highest BCUT2D eigenvalue weighted by atomic mass is 16.7. The molecule has 2 aromatic rings. The first-order chi connectivity index (χ1) is 11.4. The number of fused-ring (bicyclic) bond motifs is 3. The molecule has 0 atom stereocenters. The highest BCUT2D eigenvalue weighted by Crippen LogP contribution is 2.39. The van der Waals surface area contributed by atoms with Crippen molar-refractivity contribution in [2.75, 3.05) is 5.06 Å². The van der Waals surface area contributed by atoms with Gasteiger partial charge in [-0.05, 0) is 53.8 Å². The van der Waals surface area contributed by atoms with E-state index in [4.69, 9.17) is 4.84 Å². The van der Waals surface area contributed by atoms with Gasteiger partial charge in [-0.25, -0.2) is 4.79 Å². The number of nitrogens with zero attached hydrogens (tertiary/aromatic N) is 1. The number of benzene rings is 2. The molecule has 122 valence electrons. The monoisotopic (exact) mass is 323 g/mol. The van der Waals surface area contributed by atoms with Crippen LogP contribution >= 0.6 is 0 Å². The number of amides is 1. The van der Waals surface area contributed by atoms with Crippen LogP contribution in [0.3, 0.4) is 0 Å². The molecule has 1 aliphatic rings. The molecular formula is C19H17NO4. The normalized spacial score (nSPS) is 11.5. The Hall–Kier alpha value is -2.95. The summed E-state index contributed by atoms with van der Waals surface area (Å²) < 4.78 is 0. The summed E-state index contributed by atoms with van der Waals surface area (Å²) in [6.07, 6.45) is 0.672. The molecule has 0 unspecified atom stereocenters. The van der Waals surface area contributed by atoms with Crippen LogP contribution in [0.1, 0.15) is 42.3 Å². The number of hydrogen-bond acceptors (Lipinski definition) is 4. The number of rotatable bonds is 2. The number of carbonyl (C=O) groups is 3. The van der Waals surface area contributed by atoms with Crippen molar-refractivity contribution < 1.29 is 19.2 Å². The van der Waals surface area contributed by atoms with Gasteiger partial charge in [-0.1, -0.05) is 18.2 Å². The molecule has 3 rings (SSSR count). The molecule has 0 N–H and O–H groups in total. The van der Waals surface area contributed by atoms with Crippen LogP contribution in [-0.4, -0.2) is 17.7 Å². The first kappa shape index (κ1) is 15.9. The van der Waals surface area contributed by atoms with Crippen LogP contribution < -0.4 is 5.06 Å². The number of hydroxylamine groups is 1. The van der Waals surface area contributed by atoms with Crippen molar-refractivity contribution in [2.24, 2.45) is 0 Å². The Bertz CT molecular complexity index is 870. The summed E-state index contributed by atoms with van der Waals surface area (Å²) in [4.78, 5) is 39.5. The summed E-state index contributed by atoms with van der Waals surface area (Å²) in [5, 5.41) is 0.993. The molecule has 0 saturated heterocycles. The van der Waals surface area contributed by atoms with Gasteiger partial charge in [-0.3, -0.25) is 9.59 Å². The topological polar surface area (TPSA) is 63.7 Å². The van der Waals surface area contributed by atoms with Gasteiger partial charge in [0.25, 0.3) is 5.91 Å². The second-order valence-electron chi connectivity index (χ2n) is 5.84. The highest BCUT2D eigenvalue weighted by Gasteiger charge is 2.22. The summed E-state index contributed by atoms with van der Waals surface area (Å²) in [5.41, 5.74) is 5.46. The molecule has 0 saturated carbocycles. The van der Waals surface area contributed by atoms with Crippen LogP contribution in [0.2, 0.25) is 0 Å². The fourth-order valence-corrected chi connectivity index (χ4v) is 2.97. The predicted octanol–water partition coefficient (Wildman–Crippen LogP) is 3.29. The van der Waals surface area contributed by atoms with Crippen LogP contribution in [0.5, 0.6) is 0 Å². The van der Waals surface area contributed by atoms with Gasteiger partial charge in [0.1, 0.15) is 0 Å². The van der Waals surface area contributed by atoms with Gasteiger partial charge in [0.15, 0.2) is 5.78 Å². The highest BCUT2D eigenvalue weighted by molar-refractivity contribution is 5.96. The third kappa shape index (κ3) is 2.80. The summed E-state index contributed by atoms with van der Waals surface area (Å²) in [5.74, 6) is -0.897.